The predicted octanol–water partition coefficient (Wildman–Crippen LogP) is 4.35. The van der Waals surface area contributed by atoms with E-state index in [4.69, 9.17) is 13.9 Å². The Hall–Kier alpha value is -2.37. The summed E-state index contributed by atoms with van der Waals surface area (Å²) in [6.45, 7) is 5.83. The first-order chi connectivity index (χ1) is 13.7. The Morgan fingerprint density at radius 1 is 1.28 bits per heavy atom. The average Bonchev–Trinajstić information content (AvgIpc) is 3.24. The number of allylic oxidation sites excluding steroid dienone is 1. The molecule has 0 N–H and O–H groups in total. The van der Waals surface area contributed by atoms with Crippen LogP contribution in [0.3, 0.4) is 0 Å². The molecule has 158 valence electrons. The third-order valence-electron chi connectivity index (χ3n) is 7.28. The third-order valence-corrected chi connectivity index (χ3v) is 7.28. The molecule has 3 rings (SSSR count). The van der Waals surface area contributed by atoms with Gasteiger partial charge in [-0.05, 0) is 49.0 Å². The second kappa shape index (κ2) is 8.17. The van der Waals surface area contributed by atoms with Gasteiger partial charge in [0.05, 0.1) is 18.9 Å². The van der Waals surface area contributed by atoms with Gasteiger partial charge >= 0.3 is 11.9 Å². The van der Waals surface area contributed by atoms with E-state index in [2.05, 4.69) is 13.8 Å². The maximum absolute atomic E-state index is 13.0. The molecule has 0 radical (unpaired) electrons. The van der Waals surface area contributed by atoms with Crippen molar-refractivity contribution in [3.63, 3.8) is 0 Å². The van der Waals surface area contributed by atoms with E-state index >= 15 is 0 Å². The maximum Gasteiger partial charge on any atom is 0.334 e. The molecule has 0 unspecified atom stereocenters. The zero-order valence-corrected chi connectivity index (χ0v) is 17.7. The first-order valence-electron chi connectivity index (χ1n) is 10.2. The van der Waals surface area contributed by atoms with Gasteiger partial charge in [-0.25, -0.2) is 4.79 Å². The molecular formula is C23H30O6. The van der Waals surface area contributed by atoms with E-state index in [0.29, 0.717) is 17.6 Å². The van der Waals surface area contributed by atoms with Crippen molar-refractivity contribution in [1.29, 1.82) is 0 Å². The molecule has 1 heterocycles. The highest BCUT2D eigenvalue weighted by Crippen LogP contribution is 2.62. The number of ketones is 1. The summed E-state index contributed by atoms with van der Waals surface area (Å²) >= 11 is 0. The van der Waals surface area contributed by atoms with Crippen LogP contribution in [0.15, 0.2) is 34.7 Å². The SMILES string of the molecule is COC(=O)C1=CCC[C@H]2[C@@]1(COC(C)=O)CC[C@@H](C)[C@]2(C)CC(=O)c1ccoc1. The molecule has 6 heteroatoms. The fourth-order valence-electron chi connectivity index (χ4n) is 5.52. The van der Waals surface area contributed by atoms with Crippen LogP contribution in [0.5, 0.6) is 0 Å². The second-order valence-electron chi connectivity index (χ2n) is 8.73. The van der Waals surface area contributed by atoms with Gasteiger partial charge in [0.15, 0.2) is 5.78 Å². The highest BCUT2D eigenvalue weighted by molar-refractivity contribution is 5.96. The summed E-state index contributed by atoms with van der Waals surface area (Å²) in [5.41, 5.74) is 0.176. The van der Waals surface area contributed by atoms with Gasteiger partial charge in [0.2, 0.25) is 0 Å². The smallest absolute Gasteiger partial charge is 0.334 e. The van der Waals surface area contributed by atoms with E-state index in [1.54, 1.807) is 6.07 Å². The lowest BCUT2D eigenvalue weighted by Crippen LogP contribution is -2.55. The molecule has 0 saturated heterocycles. The minimum atomic E-state index is -0.630. The topological polar surface area (TPSA) is 82.8 Å². The number of hydrogen-bond acceptors (Lipinski definition) is 6. The van der Waals surface area contributed by atoms with Crippen LogP contribution in [-0.4, -0.2) is 31.4 Å². The molecule has 6 nitrogen and oxygen atoms in total. The number of carbonyl (C=O) groups excluding carboxylic acids is 3. The number of methoxy groups -OCH3 is 1. The van der Waals surface area contributed by atoms with Crippen LogP contribution in [0.1, 0.15) is 63.2 Å². The number of ether oxygens (including phenoxy) is 2. The summed E-state index contributed by atoms with van der Waals surface area (Å²) in [6, 6.07) is 1.69. The number of hydrogen-bond donors (Lipinski definition) is 0. The van der Waals surface area contributed by atoms with Gasteiger partial charge in [0.1, 0.15) is 12.9 Å². The summed E-state index contributed by atoms with van der Waals surface area (Å²) in [4.78, 5) is 37.3. The lowest BCUT2D eigenvalue weighted by atomic mass is 9.46. The van der Waals surface area contributed by atoms with Crippen LogP contribution < -0.4 is 0 Å². The fourth-order valence-corrected chi connectivity index (χ4v) is 5.52. The Labute approximate surface area is 171 Å². The Morgan fingerprint density at radius 2 is 2.03 bits per heavy atom. The first-order valence-corrected chi connectivity index (χ1v) is 10.2. The zero-order chi connectivity index (χ0) is 21.2. The Kier molecular flexibility index (Phi) is 6.01. The van der Waals surface area contributed by atoms with Gasteiger partial charge in [0.25, 0.3) is 0 Å². The summed E-state index contributed by atoms with van der Waals surface area (Å²) in [7, 11) is 1.37. The number of fused-ring (bicyclic) bond motifs is 1. The standard InChI is InChI=1S/C23H30O6/c1-15-8-10-23(14-29-16(2)24)18(21(26)27-4)6-5-7-20(23)22(15,3)12-19(25)17-9-11-28-13-17/h6,9,11,13,15,20H,5,7-8,10,12,14H2,1-4H3/t15-,20-,22+,23-/m1/s1. The molecule has 0 spiro atoms. The quantitative estimate of drug-likeness (QED) is 0.520. The highest BCUT2D eigenvalue weighted by atomic mass is 16.5. The molecule has 4 atom stereocenters. The zero-order valence-electron chi connectivity index (χ0n) is 17.7. The van der Waals surface area contributed by atoms with Gasteiger partial charge in [-0.1, -0.05) is 19.9 Å². The summed E-state index contributed by atoms with van der Waals surface area (Å²) in [5.74, 6) is -0.410. The molecular weight excluding hydrogens is 372 g/mol. The van der Waals surface area contributed by atoms with E-state index in [-0.39, 0.29) is 41.6 Å². The number of carbonyl (C=O) groups is 3. The molecule has 0 bridgehead atoms. The number of furan rings is 1. The summed E-state index contributed by atoms with van der Waals surface area (Å²) < 4.78 is 15.7. The van der Waals surface area contributed by atoms with Crippen molar-refractivity contribution in [3.05, 3.63) is 35.8 Å². The molecule has 1 fully saturated rings. The third kappa shape index (κ3) is 3.77. The van der Waals surface area contributed by atoms with E-state index in [9.17, 15) is 14.4 Å². The largest absolute Gasteiger partial charge is 0.472 e. The molecule has 0 aromatic carbocycles. The highest BCUT2D eigenvalue weighted by Gasteiger charge is 2.59. The predicted molar refractivity (Wildman–Crippen MR) is 106 cm³/mol. The van der Waals surface area contributed by atoms with Gasteiger partial charge in [0, 0.05) is 24.3 Å². The molecule has 2 aliphatic carbocycles. The van der Waals surface area contributed by atoms with Gasteiger partial charge in [-0.15, -0.1) is 0 Å². The van der Waals surface area contributed by atoms with E-state index in [0.717, 1.165) is 25.7 Å². The van der Waals surface area contributed by atoms with Crippen molar-refractivity contribution in [1.82, 2.24) is 0 Å². The van der Waals surface area contributed by atoms with Gasteiger partial charge < -0.3 is 13.9 Å². The Balaban J connectivity index is 2.02. The molecule has 29 heavy (non-hydrogen) atoms. The van der Waals surface area contributed by atoms with Crippen LogP contribution in [0.2, 0.25) is 0 Å². The average molecular weight is 402 g/mol. The van der Waals surface area contributed by atoms with E-state index in [1.165, 1.54) is 26.6 Å². The second-order valence-corrected chi connectivity index (χ2v) is 8.73. The Morgan fingerprint density at radius 3 is 2.66 bits per heavy atom. The maximum atomic E-state index is 13.0. The molecule has 1 aromatic rings. The Bertz CT molecular complexity index is 807. The lowest BCUT2D eigenvalue weighted by molar-refractivity contribution is -0.156. The summed E-state index contributed by atoms with van der Waals surface area (Å²) in [6.07, 6.45) is 8.40. The molecule has 2 aliphatic rings. The van der Waals surface area contributed by atoms with Crippen molar-refractivity contribution < 1.29 is 28.3 Å². The van der Waals surface area contributed by atoms with E-state index in [1.807, 2.05) is 6.08 Å². The number of Topliss-reactive ketones (excluding diaryl/α,β-unsaturated/α-hetero) is 1. The lowest BCUT2D eigenvalue weighted by Gasteiger charge is -2.58. The van der Waals surface area contributed by atoms with Crippen LogP contribution >= 0.6 is 0 Å². The number of esters is 2. The van der Waals surface area contributed by atoms with Crippen molar-refractivity contribution >= 4 is 17.7 Å². The van der Waals surface area contributed by atoms with Crippen LogP contribution in [-0.2, 0) is 19.1 Å². The fraction of sp³-hybridized carbons (Fsp3) is 0.609. The summed E-state index contributed by atoms with van der Waals surface area (Å²) in [5, 5.41) is 0. The van der Waals surface area contributed by atoms with Gasteiger partial charge in [-0.2, -0.15) is 0 Å². The van der Waals surface area contributed by atoms with Crippen molar-refractivity contribution in [3.8, 4) is 0 Å². The van der Waals surface area contributed by atoms with Crippen molar-refractivity contribution in [2.24, 2.45) is 22.7 Å². The van der Waals surface area contributed by atoms with Crippen LogP contribution in [0.4, 0.5) is 0 Å². The van der Waals surface area contributed by atoms with Crippen molar-refractivity contribution in [2.75, 3.05) is 13.7 Å². The molecule has 1 aromatic heterocycles. The molecule has 0 aliphatic heterocycles. The minimum Gasteiger partial charge on any atom is -0.472 e. The monoisotopic (exact) mass is 402 g/mol. The first kappa shape index (κ1) is 21.3. The van der Waals surface area contributed by atoms with E-state index < -0.39 is 5.41 Å². The van der Waals surface area contributed by atoms with Crippen LogP contribution in [0, 0.1) is 22.7 Å². The number of rotatable bonds is 6. The van der Waals surface area contributed by atoms with Crippen molar-refractivity contribution in [2.45, 2.75) is 52.9 Å². The minimum absolute atomic E-state index is 0.0213. The van der Waals surface area contributed by atoms with Crippen LogP contribution in [0.25, 0.3) is 0 Å². The molecule has 0 amide bonds. The molecule has 1 saturated carbocycles. The van der Waals surface area contributed by atoms with Gasteiger partial charge in [-0.3, -0.25) is 9.59 Å². The normalized spacial score (nSPS) is 31.4.